The molecule has 0 unspecified atom stereocenters. The molecule has 0 saturated carbocycles. The molecule has 0 radical (unpaired) electrons. The number of nitrogens with zero attached hydrogens (tertiary/aromatic N) is 3. The second-order valence-corrected chi connectivity index (χ2v) is 34.7. The molecule has 8 aliphatic heterocycles. The summed E-state index contributed by atoms with van der Waals surface area (Å²) in [6.07, 6.45) is 0. The van der Waals surface area contributed by atoms with Crippen molar-refractivity contribution < 1.29 is 28.4 Å². The number of hydrogen-bond donors (Lipinski definition) is 0. The average Bonchev–Trinajstić information content (AvgIpc) is 0.712. The highest BCUT2D eigenvalue weighted by Crippen LogP contribution is 2.54. The first-order valence-corrected chi connectivity index (χ1v) is 44.6. The van der Waals surface area contributed by atoms with E-state index in [0.29, 0.717) is 0 Å². The summed E-state index contributed by atoms with van der Waals surface area (Å²) in [7, 11) is 0. The van der Waals surface area contributed by atoms with E-state index in [4.69, 9.17) is 28.4 Å². The van der Waals surface area contributed by atoms with Crippen molar-refractivity contribution >= 4 is 144 Å². The van der Waals surface area contributed by atoms with Gasteiger partial charge in [0.2, 0.25) is 0 Å². The van der Waals surface area contributed by atoms with E-state index < -0.39 is 0 Å². The number of anilines is 9. The molecule has 0 aliphatic carbocycles. The lowest BCUT2D eigenvalue weighted by atomic mass is 9.31. The van der Waals surface area contributed by atoms with Crippen molar-refractivity contribution in [3.8, 4) is 102 Å². The van der Waals surface area contributed by atoms with Crippen LogP contribution >= 0.6 is 0 Å². The zero-order valence-corrected chi connectivity index (χ0v) is 71.2. The highest BCUT2D eigenvalue weighted by atomic mass is 16.5. The van der Waals surface area contributed by atoms with Crippen LogP contribution in [0.15, 0.2) is 443 Å². The second-order valence-electron chi connectivity index (χ2n) is 34.7. The monoisotopic (exact) mass is 1670 g/mol. The number of hydrogen-bond acceptors (Lipinski definition) is 9. The van der Waals surface area contributed by atoms with Crippen LogP contribution < -0.4 is 109 Å². The Balaban J connectivity index is 0.000000108. The van der Waals surface area contributed by atoms with Gasteiger partial charge in [-0.3, -0.25) is 0 Å². The second kappa shape index (κ2) is 31.0. The van der Waals surface area contributed by atoms with Gasteiger partial charge in [0.15, 0.2) is 0 Å². The lowest BCUT2D eigenvalue weighted by Crippen LogP contribution is -2.61. The summed E-state index contributed by atoms with van der Waals surface area (Å²) in [5, 5.41) is 0. The van der Waals surface area contributed by atoms with Gasteiger partial charge in [0.25, 0.3) is 26.9 Å². The van der Waals surface area contributed by atoms with Crippen LogP contribution in [0.4, 0.5) is 51.2 Å². The molecular weight excluding hydrogens is 1590 g/mol. The third-order valence-electron chi connectivity index (χ3n) is 27.0. The van der Waals surface area contributed by atoms with Crippen LogP contribution in [0.3, 0.4) is 0 Å². The molecule has 19 aromatic carbocycles. The third-order valence-corrected chi connectivity index (χ3v) is 27.0. The van der Waals surface area contributed by atoms with Gasteiger partial charge in [0.05, 0.1) is 17.1 Å². The summed E-state index contributed by atoms with van der Waals surface area (Å²) in [5.74, 6) is 10.3. The summed E-state index contributed by atoms with van der Waals surface area (Å²) in [5.41, 5.74) is 33.8. The van der Waals surface area contributed by atoms with Crippen molar-refractivity contribution in [2.45, 2.75) is 19.3 Å². The van der Waals surface area contributed by atoms with Crippen molar-refractivity contribution in [3.05, 3.63) is 454 Å². The molecule has 27 rings (SSSR count). The van der Waals surface area contributed by atoms with Crippen molar-refractivity contribution in [1.82, 2.24) is 0 Å². The van der Waals surface area contributed by atoms with E-state index >= 15 is 0 Å². The first-order valence-electron chi connectivity index (χ1n) is 44.6. The van der Waals surface area contributed by atoms with Crippen molar-refractivity contribution in [3.63, 3.8) is 0 Å². The maximum absolute atomic E-state index is 6.94. The van der Waals surface area contributed by atoms with Gasteiger partial charge in [-0.05, 0) is 221 Å². The Labute approximate surface area is 757 Å². The molecule has 130 heavy (non-hydrogen) atoms. The van der Waals surface area contributed by atoms with E-state index in [9.17, 15) is 0 Å². The normalized spacial score (nSPS) is 13.5. The zero-order valence-electron chi connectivity index (χ0n) is 71.2. The molecule has 19 aromatic rings. The Morgan fingerprint density at radius 2 is 0.546 bits per heavy atom. The first kappa shape index (κ1) is 76.1. The molecule has 610 valence electrons. The maximum atomic E-state index is 6.94. The third kappa shape index (κ3) is 12.6. The van der Waals surface area contributed by atoms with E-state index in [1.165, 1.54) is 83.4 Å². The number of fused-ring (bicyclic) bond motifs is 16. The molecule has 0 spiro atoms. The van der Waals surface area contributed by atoms with E-state index in [2.05, 4.69) is 411 Å². The van der Waals surface area contributed by atoms with Crippen LogP contribution in [0.5, 0.6) is 69.0 Å². The van der Waals surface area contributed by atoms with E-state index in [1.807, 2.05) is 60.7 Å². The predicted octanol–water partition coefficient (Wildman–Crippen LogP) is 22.1. The van der Waals surface area contributed by atoms with Crippen LogP contribution in [-0.4, -0.2) is 26.9 Å². The van der Waals surface area contributed by atoms with Crippen LogP contribution in [0.1, 0.15) is 25.0 Å². The fraction of sp³-hybridized carbons (Fsp3) is 0.0256. The fourth-order valence-electron chi connectivity index (χ4n) is 21.3. The minimum atomic E-state index is -0.133. The van der Waals surface area contributed by atoms with Crippen LogP contribution in [0.25, 0.3) is 33.4 Å². The molecular formula is C117H79B4N3O6. The van der Waals surface area contributed by atoms with Gasteiger partial charge in [0, 0.05) is 68.7 Å². The van der Waals surface area contributed by atoms with Gasteiger partial charge in [-0.25, -0.2) is 0 Å². The number of ether oxygens (including phenoxy) is 6. The van der Waals surface area contributed by atoms with Gasteiger partial charge in [-0.2, -0.15) is 0 Å². The number of benzene rings is 19. The summed E-state index contributed by atoms with van der Waals surface area (Å²) < 4.78 is 39.2. The van der Waals surface area contributed by atoms with E-state index in [1.54, 1.807) is 0 Å². The predicted molar refractivity (Wildman–Crippen MR) is 536 cm³/mol. The van der Waals surface area contributed by atoms with Gasteiger partial charge < -0.3 is 43.1 Å². The average molecular weight is 1670 g/mol. The molecule has 8 aliphatic rings. The van der Waals surface area contributed by atoms with Crippen LogP contribution in [0, 0.1) is 0 Å². The molecule has 0 bridgehead atoms. The molecule has 0 atom stereocenters. The quantitative estimate of drug-likeness (QED) is 0.132. The maximum Gasteiger partial charge on any atom is 0.260 e. The molecule has 9 nitrogen and oxygen atoms in total. The number of rotatable bonds is 9. The van der Waals surface area contributed by atoms with E-state index in [0.717, 1.165) is 147 Å². The molecule has 8 heterocycles. The molecule has 0 aromatic heterocycles. The Bertz CT molecular complexity index is 7440. The molecule has 13 heteroatoms. The lowest BCUT2D eigenvalue weighted by molar-refractivity contribution is 0.451. The van der Waals surface area contributed by atoms with Crippen LogP contribution in [0.2, 0.25) is 0 Å². The first-order chi connectivity index (χ1) is 64.3. The standard InChI is InChI=1S/C51H38BNO.C36H25BN2O.C30H16B2O4/c1-51(2)42-24-12-15-27-46(42)53(47-28-16-13-25-43(47)51)39-30-31-45-49(34-39)54-48-29-17-14-26-44(48)52(45)50-40(36-20-8-4-9-21-36)32-38(35-18-6-3-7-19-35)33-41(50)37-22-10-5-11-23-37;1-4-14-26(15-5-1)38(27-16-6-2-7-17-27)29-24-33-36-35(25-29)40-34-23-13-11-21-31(34)37(36)30-20-10-12-22-32(30)39(33)28-18-8-3-9-19-28;1-3-9-21-17(7-1)31-19-15-20-28(16-27(19)35-25-13-5-11-23(33-21)29(25)31)36-26-14-6-12-24-30(26)32(20)18-8-2-4-10-22(18)34-24/h3-34H,1-2H3;1-25H;1-16H. The SMILES string of the molecule is CC1(C)c2ccccc2N(c2ccc3c(c2)Oc2ccccc2B3c2c(-c3ccccc3)cc(-c3ccccc3)cc2-c2ccccc2)c2ccccc21.c1ccc(N(c2ccccc2)c2cc3c4c(c2)N(c2ccccc2)c2ccccc2B4c2ccccc2O3)cc1.c1ccc2c(c1)Oc1cccc3c1B2c1cc2c(cc1O3)Oc1cccc3c1B2c1ccccc1O3. The zero-order chi connectivity index (χ0) is 86.1. The van der Waals surface area contributed by atoms with Gasteiger partial charge in [-0.15, -0.1) is 0 Å². The highest BCUT2D eigenvalue weighted by Gasteiger charge is 2.48. The van der Waals surface area contributed by atoms with Crippen LogP contribution in [-0.2, 0) is 5.41 Å². The fourth-order valence-corrected chi connectivity index (χ4v) is 21.3. The highest BCUT2D eigenvalue weighted by molar-refractivity contribution is 7.02. The van der Waals surface area contributed by atoms with Gasteiger partial charge >= 0.3 is 0 Å². The molecule has 0 N–H and O–H groups in total. The molecule has 0 fully saturated rings. The molecule has 0 amide bonds. The lowest BCUT2D eigenvalue weighted by Gasteiger charge is -2.42. The number of para-hydroxylation sites is 10. The summed E-state index contributed by atoms with van der Waals surface area (Å²) in [4.78, 5) is 7.10. The summed E-state index contributed by atoms with van der Waals surface area (Å²) >= 11 is 0. The van der Waals surface area contributed by atoms with Crippen molar-refractivity contribution in [1.29, 1.82) is 0 Å². The van der Waals surface area contributed by atoms with Crippen molar-refractivity contribution in [2.24, 2.45) is 0 Å². The Morgan fingerprint density at radius 3 is 1.03 bits per heavy atom. The van der Waals surface area contributed by atoms with Crippen molar-refractivity contribution in [2.75, 3.05) is 14.7 Å². The summed E-state index contributed by atoms with van der Waals surface area (Å²) in [6.45, 7) is 4.69. The topological polar surface area (TPSA) is 65.1 Å². The van der Waals surface area contributed by atoms with E-state index in [-0.39, 0.29) is 32.3 Å². The summed E-state index contributed by atoms with van der Waals surface area (Å²) in [6, 6.07) is 157. The van der Waals surface area contributed by atoms with Gasteiger partial charge in [-0.1, -0.05) is 317 Å². The minimum Gasteiger partial charge on any atom is -0.458 e. The Morgan fingerprint density at radius 1 is 0.200 bits per heavy atom. The largest absolute Gasteiger partial charge is 0.458 e. The smallest absolute Gasteiger partial charge is 0.260 e. The minimum absolute atomic E-state index is 0.0157. The Hall–Kier alpha value is -16.4. The van der Waals surface area contributed by atoms with Gasteiger partial charge in [0.1, 0.15) is 69.0 Å². The Kier molecular flexibility index (Phi) is 18.2. The molecule has 0 saturated heterocycles.